The SMILES string of the molecule is Cc1c(C#N)c(NCCCOCCOc2ccccc2)nc(NCCCOCCOc2ccccc2)c1N=Nc1ccc(S(C)(=O)=O)cc1Cl. The summed E-state index contributed by atoms with van der Waals surface area (Å²) in [4.78, 5) is 4.79. The average molecular weight is 721 g/mol. The van der Waals surface area contributed by atoms with Gasteiger partial charge in [-0.25, -0.2) is 13.4 Å². The van der Waals surface area contributed by atoms with E-state index in [0.717, 1.165) is 17.8 Å². The number of nitriles is 1. The van der Waals surface area contributed by atoms with Crippen molar-refractivity contribution in [2.24, 2.45) is 10.2 Å². The molecule has 0 saturated carbocycles. The third-order valence-corrected chi connectivity index (χ3v) is 8.54. The molecule has 0 unspecified atom stereocenters. The fourth-order valence-electron chi connectivity index (χ4n) is 4.54. The van der Waals surface area contributed by atoms with E-state index < -0.39 is 9.84 Å². The number of para-hydroxylation sites is 2. The summed E-state index contributed by atoms with van der Waals surface area (Å²) < 4.78 is 46.6. The zero-order valence-corrected chi connectivity index (χ0v) is 29.7. The van der Waals surface area contributed by atoms with Gasteiger partial charge in [-0.15, -0.1) is 10.2 Å². The molecule has 12 nitrogen and oxygen atoms in total. The van der Waals surface area contributed by atoms with Crippen molar-refractivity contribution < 1.29 is 27.4 Å². The quantitative estimate of drug-likeness (QED) is 0.0651. The van der Waals surface area contributed by atoms with Crippen molar-refractivity contribution in [2.75, 3.05) is 69.6 Å². The van der Waals surface area contributed by atoms with Gasteiger partial charge in [0.1, 0.15) is 48.0 Å². The summed E-state index contributed by atoms with van der Waals surface area (Å²) in [7, 11) is -3.45. The van der Waals surface area contributed by atoms with Gasteiger partial charge in [0.2, 0.25) is 0 Å². The van der Waals surface area contributed by atoms with Crippen molar-refractivity contribution in [3.05, 3.63) is 95.0 Å². The Bertz CT molecular complexity index is 1840. The molecule has 2 N–H and O–H groups in total. The second-order valence-electron chi connectivity index (χ2n) is 11.0. The van der Waals surface area contributed by atoms with Crippen LogP contribution in [0, 0.1) is 18.3 Å². The first-order valence-electron chi connectivity index (χ1n) is 16.1. The molecule has 0 aliphatic carbocycles. The van der Waals surface area contributed by atoms with Crippen LogP contribution in [0.25, 0.3) is 0 Å². The second kappa shape index (κ2) is 20.1. The number of nitrogens with zero attached hydrogens (tertiary/aromatic N) is 4. The molecular weight excluding hydrogens is 680 g/mol. The van der Waals surface area contributed by atoms with Gasteiger partial charge in [0, 0.05) is 38.1 Å². The molecular formula is C36H41ClN6O6S. The Morgan fingerprint density at radius 2 is 1.34 bits per heavy atom. The second-order valence-corrected chi connectivity index (χ2v) is 13.4. The minimum Gasteiger partial charge on any atom is -0.491 e. The first kappa shape index (κ1) is 38.1. The number of anilines is 2. The molecule has 0 saturated heterocycles. The number of hydrogen-bond acceptors (Lipinski definition) is 12. The molecule has 3 aromatic carbocycles. The van der Waals surface area contributed by atoms with Crippen LogP contribution in [0.2, 0.25) is 5.02 Å². The molecule has 0 atom stereocenters. The van der Waals surface area contributed by atoms with Crippen LogP contribution in [0.4, 0.5) is 23.0 Å². The van der Waals surface area contributed by atoms with Gasteiger partial charge in [0.25, 0.3) is 0 Å². The average Bonchev–Trinajstić information content (AvgIpc) is 3.11. The number of pyridine rings is 1. The number of rotatable bonds is 21. The van der Waals surface area contributed by atoms with Crippen LogP contribution in [0.1, 0.15) is 24.0 Å². The van der Waals surface area contributed by atoms with E-state index in [1.54, 1.807) is 6.92 Å². The van der Waals surface area contributed by atoms with Crippen LogP contribution in [0.3, 0.4) is 0 Å². The largest absolute Gasteiger partial charge is 0.491 e. The van der Waals surface area contributed by atoms with Gasteiger partial charge in [-0.05, 0) is 62.2 Å². The number of nitrogens with one attached hydrogen (secondary N) is 2. The number of ether oxygens (including phenoxy) is 4. The summed E-state index contributed by atoms with van der Waals surface area (Å²) in [6.45, 7) is 5.55. The van der Waals surface area contributed by atoms with Crippen LogP contribution in [-0.4, -0.2) is 72.4 Å². The van der Waals surface area contributed by atoms with E-state index in [1.807, 2.05) is 60.7 Å². The molecule has 1 heterocycles. The predicted octanol–water partition coefficient (Wildman–Crippen LogP) is 7.53. The first-order valence-corrected chi connectivity index (χ1v) is 18.4. The Labute approximate surface area is 298 Å². The lowest BCUT2D eigenvalue weighted by Crippen LogP contribution is -2.14. The Kier molecular flexibility index (Phi) is 15.3. The van der Waals surface area contributed by atoms with E-state index in [-0.39, 0.29) is 15.6 Å². The number of hydrogen-bond donors (Lipinski definition) is 2. The Morgan fingerprint density at radius 3 is 1.86 bits per heavy atom. The first-order chi connectivity index (χ1) is 24.3. The van der Waals surface area contributed by atoms with E-state index in [0.29, 0.717) is 94.0 Å². The van der Waals surface area contributed by atoms with Gasteiger partial charge in [0.15, 0.2) is 15.7 Å². The number of halogens is 1. The molecule has 0 fully saturated rings. The lowest BCUT2D eigenvalue weighted by Gasteiger charge is -2.16. The normalized spacial score (nSPS) is 11.3. The van der Waals surface area contributed by atoms with Gasteiger partial charge in [0.05, 0.1) is 28.7 Å². The lowest BCUT2D eigenvalue weighted by atomic mass is 10.1. The van der Waals surface area contributed by atoms with Crippen LogP contribution >= 0.6 is 11.6 Å². The number of azo groups is 1. The highest BCUT2D eigenvalue weighted by atomic mass is 35.5. The third-order valence-electron chi connectivity index (χ3n) is 7.13. The van der Waals surface area contributed by atoms with E-state index in [9.17, 15) is 13.7 Å². The smallest absolute Gasteiger partial charge is 0.175 e. The molecule has 0 aliphatic heterocycles. The van der Waals surface area contributed by atoms with Gasteiger partial charge in [-0.2, -0.15) is 5.26 Å². The summed E-state index contributed by atoms with van der Waals surface area (Å²) in [5, 5.41) is 25.4. The van der Waals surface area contributed by atoms with Crippen molar-refractivity contribution in [1.29, 1.82) is 5.26 Å². The summed E-state index contributed by atoms with van der Waals surface area (Å²) >= 11 is 6.34. The molecule has 0 bridgehead atoms. The minimum absolute atomic E-state index is 0.0728. The standard InChI is InChI=1S/C36H41ClN6O6S/c1-27-31(26-38)35(39-17-9-19-46-21-23-48-28-11-5-3-6-12-28)41-36(40-18-10-20-47-22-24-49-29-13-7-4-8-14-29)34(27)43-42-33-16-15-30(25-32(33)37)50(2,44)45/h3-8,11-16,25H,9-10,17-24H2,1-2H3,(H2,39,40,41). The zero-order valence-electron chi connectivity index (χ0n) is 28.1. The van der Waals surface area contributed by atoms with E-state index in [1.165, 1.54) is 18.2 Å². The van der Waals surface area contributed by atoms with Gasteiger partial charge in [-0.1, -0.05) is 48.0 Å². The predicted molar refractivity (Wildman–Crippen MR) is 194 cm³/mol. The number of aromatic nitrogens is 1. The molecule has 0 spiro atoms. The number of sulfone groups is 1. The molecule has 0 amide bonds. The Hall–Kier alpha value is -4.74. The fourth-order valence-corrected chi connectivity index (χ4v) is 5.47. The molecule has 4 rings (SSSR count). The van der Waals surface area contributed by atoms with Crippen molar-refractivity contribution in [2.45, 2.75) is 24.7 Å². The molecule has 14 heteroatoms. The third kappa shape index (κ3) is 12.3. The van der Waals surface area contributed by atoms with Crippen molar-refractivity contribution in [3.63, 3.8) is 0 Å². The monoisotopic (exact) mass is 720 g/mol. The highest BCUT2D eigenvalue weighted by molar-refractivity contribution is 7.90. The molecule has 1 aromatic heterocycles. The molecule has 50 heavy (non-hydrogen) atoms. The van der Waals surface area contributed by atoms with E-state index >= 15 is 0 Å². The summed E-state index contributed by atoms with van der Waals surface area (Å²) in [5.41, 5.74) is 1.51. The molecule has 0 radical (unpaired) electrons. The van der Waals surface area contributed by atoms with Crippen LogP contribution in [0.5, 0.6) is 11.5 Å². The minimum atomic E-state index is -3.45. The van der Waals surface area contributed by atoms with Crippen molar-refractivity contribution in [3.8, 4) is 17.6 Å². The summed E-state index contributed by atoms with van der Waals surface area (Å²) in [5.74, 6) is 2.41. The van der Waals surface area contributed by atoms with Crippen LogP contribution < -0.4 is 20.1 Å². The van der Waals surface area contributed by atoms with Crippen LogP contribution in [-0.2, 0) is 19.3 Å². The van der Waals surface area contributed by atoms with E-state index in [4.69, 9.17) is 35.5 Å². The maximum atomic E-state index is 11.9. The highest BCUT2D eigenvalue weighted by Crippen LogP contribution is 2.36. The lowest BCUT2D eigenvalue weighted by molar-refractivity contribution is 0.0999. The van der Waals surface area contributed by atoms with E-state index in [2.05, 4.69) is 26.9 Å². The van der Waals surface area contributed by atoms with Crippen molar-refractivity contribution >= 4 is 44.4 Å². The summed E-state index contributed by atoms with van der Waals surface area (Å²) in [6.07, 6.45) is 2.44. The van der Waals surface area contributed by atoms with Crippen molar-refractivity contribution in [1.82, 2.24) is 4.98 Å². The van der Waals surface area contributed by atoms with Gasteiger partial charge < -0.3 is 29.6 Å². The van der Waals surface area contributed by atoms with Crippen LogP contribution in [0.15, 0.2) is 94.0 Å². The molecule has 264 valence electrons. The highest BCUT2D eigenvalue weighted by Gasteiger charge is 2.18. The van der Waals surface area contributed by atoms with Gasteiger partial charge in [-0.3, -0.25) is 0 Å². The maximum absolute atomic E-state index is 11.9. The molecule has 0 aliphatic rings. The topological polar surface area (TPSA) is 157 Å². The van der Waals surface area contributed by atoms with Gasteiger partial charge >= 0.3 is 0 Å². The number of benzene rings is 3. The zero-order chi connectivity index (χ0) is 35.6. The maximum Gasteiger partial charge on any atom is 0.175 e. The Balaban J connectivity index is 1.37. The Morgan fingerprint density at radius 1 is 0.780 bits per heavy atom. The summed E-state index contributed by atoms with van der Waals surface area (Å²) in [6, 6.07) is 25.6. The fraction of sp³-hybridized carbons (Fsp3) is 0.333. The molecule has 4 aromatic rings.